The fourth-order valence-corrected chi connectivity index (χ4v) is 0.283. The normalized spacial score (nSPS) is 8.67. The molecular weight excluding hydrogens is 100 g/mol. The minimum atomic E-state index is 0.245. The number of hydrogen-bond acceptors (Lipinski definition) is 3. The van der Waals surface area contributed by atoms with E-state index in [2.05, 4.69) is 26.9 Å². The van der Waals surface area contributed by atoms with Crippen LogP contribution in [0.15, 0.2) is 10.9 Å². The van der Waals surface area contributed by atoms with Crippen molar-refractivity contribution in [3.8, 4) is 0 Å². The van der Waals surface area contributed by atoms with Gasteiger partial charge in [0.2, 0.25) is 0 Å². The van der Waals surface area contributed by atoms with Crippen molar-refractivity contribution >= 4 is 12.2 Å². The Morgan fingerprint density at radius 1 is 2.00 bits per heavy atom. The van der Waals surface area contributed by atoms with Gasteiger partial charge in [0.25, 0.3) is 0 Å². The Morgan fingerprint density at radius 3 is 3.00 bits per heavy atom. The second-order valence-electron chi connectivity index (χ2n) is 0.744. The Morgan fingerprint density at radius 2 is 2.83 bits per heavy atom. The van der Waals surface area contributed by atoms with E-state index in [-0.39, 0.29) is 4.84 Å². The first-order valence-electron chi connectivity index (χ1n) is 1.38. The SMILES string of the molecule is S=c1nc[nH]o1. The van der Waals surface area contributed by atoms with Crippen LogP contribution in [0.3, 0.4) is 0 Å². The van der Waals surface area contributed by atoms with E-state index in [4.69, 9.17) is 0 Å². The number of nitrogens with zero attached hydrogens (tertiary/aromatic N) is 1. The zero-order valence-corrected chi connectivity index (χ0v) is 3.66. The van der Waals surface area contributed by atoms with Gasteiger partial charge in [-0.1, -0.05) is 0 Å². The molecule has 32 valence electrons. The van der Waals surface area contributed by atoms with E-state index in [9.17, 15) is 0 Å². The van der Waals surface area contributed by atoms with Gasteiger partial charge in [-0.3, -0.25) is 0 Å². The standard InChI is InChI=1S/C2H2N2OS/c6-2-3-1-4-5-2/h1H,(H,3,4,6). The zero-order valence-electron chi connectivity index (χ0n) is 2.84. The molecule has 0 saturated heterocycles. The maximum absolute atomic E-state index is 4.44. The predicted molar refractivity (Wildman–Crippen MR) is 21.7 cm³/mol. The second kappa shape index (κ2) is 1.22. The van der Waals surface area contributed by atoms with Gasteiger partial charge < -0.3 is 4.52 Å². The molecule has 0 aliphatic rings. The summed E-state index contributed by atoms with van der Waals surface area (Å²) in [6.07, 6.45) is 1.39. The predicted octanol–water partition coefficient (Wildman–Crippen LogP) is 0.732. The first kappa shape index (κ1) is 3.55. The number of aromatic amines is 1. The molecule has 3 nitrogen and oxygen atoms in total. The van der Waals surface area contributed by atoms with Crippen molar-refractivity contribution in [2.24, 2.45) is 0 Å². The molecule has 0 atom stereocenters. The average Bonchev–Trinajstić information content (AvgIpc) is 1.86. The third-order valence-electron chi connectivity index (χ3n) is 0.369. The molecule has 1 N–H and O–H groups in total. The molecule has 0 spiro atoms. The lowest BCUT2D eigenvalue weighted by Crippen LogP contribution is -1.47. The maximum Gasteiger partial charge on any atom is 0.313 e. The van der Waals surface area contributed by atoms with Gasteiger partial charge in [-0.2, -0.15) is 4.98 Å². The Balaban J connectivity index is 3.41. The van der Waals surface area contributed by atoms with E-state index in [1.54, 1.807) is 0 Å². The van der Waals surface area contributed by atoms with Crippen LogP contribution in [0.4, 0.5) is 0 Å². The number of hydrogen-bond donors (Lipinski definition) is 1. The van der Waals surface area contributed by atoms with Crippen LogP contribution in [0.25, 0.3) is 0 Å². The van der Waals surface area contributed by atoms with Crippen molar-refractivity contribution in [1.29, 1.82) is 0 Å². The summed E-state index contributed by atoms with van der Waals surface area (Å²) in [7, 11) is 0. The van der Waals surface area contributed by atoms with Crippen molar-refractivity contribution in [3.05, 3.63) is 11.2 Å². The van der Waals surface area contributed by atoms with E-state index in [0.717, 1.165) is 0 Å². The molecule has 1 aromatic heterocycles. The molecule has 0 amide bonds. The highest BCUT2D eigenvalue weighted by Gasteiger charge is 1.70. The minimum Gasteiger partial charge on any atom is -0.348 e. The quantitative estimate of drug-likeness (QED) is 0.491. The average molecular weight is 102 g/mol. The van der Waals surface area contributed by atoms with E-state index in [0.29, 0.717) is 0 Å². The molecule has 4 heteroatoms. The first-order chi connectivity index (χ1) is 2.89. The van der Waals surface area contributed by atoms with Gasteiger partial charge in [-0.15, -0.1) is 0 Å². The minimum absolute atomic E-state index is 0.245. The van der Waals surface area contributed by atoms with Crippen molar-refractivity contribution in [2.75, 3.05) is 0 Å². The Labute approximate surface area is 39.0 Å². The molecule has 6 heavy (non-hydrogen) atoms. The lowest BCUT2D eigenvalue weighted by molar-refractivity contribution is 0.404. The van der Waals surface area contributed by atoms with Gasteiger partial charge >= 0.3 is 4.84 Å². The maximum atomic E-state index is 4.44. The van der Waals surface area contributed by atoms with Crippen LogP contribution in [-0.4, -0.2) is 10.1 Å². The molecule has 0 aliphatic carbocycles. The number of aromatic nitrogens is 2. The number of rotatable bonds is 0. The van der Waals surface area contributed by atoms with Crippen molar-refractivity contribution in [1.82, 2.24) is 10.1 Å². The van der Waals surface area contributed by atoms with Gasteiger partial charge in [0.15, 0.2) is 0 Å². The monoisotopic (exact) mass is 102 g/mol. The largest absolute Gasteiger partial charge is 0.348 e. The summed E-state index contributed by atoms with van der Waals surface area (Å²) in [6, 6.07) is 0. The van der Waals surface area contributed by atoms with Crippen LogP contribution in [0.2, 0.25) is 0 Å². The van der Waals surface area contributed by atoms with Gasteiger partial charge in [-0.05, 0) is 12.2 Å². The fourth-order valence-electron chi connectivity index (χ4n) is 0.182. The van der Waals surface area contributed by atoms with Crippen LogP contribution in [0.5, 0.6) is 0 Å². The molecule has 0 aromatic carbocycles. The first-order valence-corrected chi connectivity index (χ1v) is 1.79. The van der Waals surface area contributed by atoms with Crippen molar-refractivity contribution in [2.45, 2.75) is 0 Å². The third kappa shape index (κ3) is 0.463. The van der Waals surface area contributed by atoms with E-state index in [1.165, 1.54) is 6.33 Å². The smallest absolute Gasteiger partial charge is 0.313 e. The van der Waals surface area contributed by atoms with Crippen LogP contribution < -0.4 is 0 Å². The summed E-state index contributed by atoms with van der Waals surface area (Å²) in [5.41, 5.74) is 0. The molecular formula is C2H2N2OS. The van der Waals surface area contributed by atoms with Gasteiger partial charge in [0.05, 0.1) is 0 Å². The summed E-state index contributed by atoms with van der Waals surface area (Å²) >= 11 is 4.44. The third-order valence-corrected chi connectivity index (χ3v) is 0.558. The lowest BCUT2D eigenvalue weighted by Gasteiger charge is -1.53. The van der Waals surface area contributed by atoms with Crippen LogP contribution in [0.1, 0.15) is 0 Å². The summed E-state index contributed by atoms with van der Waals surface area (Å²) in [5, 5.41) is 2.34. The number of nitrogens with one attached hydrogen (secondary N) is 1. The van der Waals surface area contributed by atoms with E-state index >= 15 is 0 Å². The highest BCUT2D eigenvalue weighted by atomic mass is 32.1. The van der Waals surface area contributed by atoms with Crippen molar-refractivity contribution in [3.63, 3.8) is 0 Å². The molecule has 1 aromatic rings. The fraction of sp³-hybridized carbons (Fsp3) is 0. The van der Waals surface area contributed by atoms with Crippen molar-refractivity contribution < 1.29 is 4.52 Å². The summed E-state index contributed by atoms with van der Waals surface area (Å²) < 4.78 is 4.41. The number of H-pyrrole nitrogens is 1. The van der Waals surface area contributed by atoms with E-state index in [1.807, 2.05) is 0 Å². The van der Waals surface area contributed by atoms with Crippen LogP contribution in [-0.2, 0) is 0 Å². The molecule has 0 fully saturated rings. The molecule has 1 rings (SSSR count). The Hall–Kier alpha value is -0.640. The highest BCUT2D eigenvalue weighted by Crippen LogP contribution is 1.74. The molecule has 1 heterocycles. The molecule has 0 saturated carbocycles. The van der Waals surface area contributed by atoms with Gasteiger partial charge in [0.1, 0.15) is 6.33 Å². The summed E-state index contributed by atoms with van der Waals surface area (Å²) in [4.78, 5) is 3.75. The van der Waals surface area contributed by atoms with E-state index < -0.39 is 0 Å². The molecule has 0 bridgehead atoms. The lowest BCUT2D eigenvalue weighted by atomic mass is 11.3. The van der Waals surface area contributed by atoms with Crippen LogP contribution in [0, 0.1) is 4.84 Å². The van der Waals surface area contributed by atoms with Gasteiger partial charge in [-0.25, -0.2) is 5.16 Å². The molecule has 0 radical (unpaired) electrons. The topological polar surface area (TPSA) is 41.8 Å². The molecule has 0 unspecified atom stereocenters. The zero-order chi connectivity index (χ0) is 4.41. The summed E-state index contributed by atoms with van der Waals surface area (Å²) in [5.74, 6) is 0. The Kier molecular flexibility index (Phi) is 0.719. The highest BCUT2D eigenvalue weighted by molar-refractivity contribution is 7.71. The van der Waals surface area contributed by atoms with Crippen LogP contribution >= 0.6 is 12.2 Å². The second-order valence-corrected chi connectivity index (χ2v) is 1.09. The Bertz CT molecular complexity index is 149. The van der Waals surface area contributed by atoms with Gasteiger partial charge in [0, 0.05) is 0 Å². The summed E-state index contributed by atoms with van der Waals surface area (Å²) in [6.45, 7) is 0. The molecule has 0 aliphatic heterocycles.